The fraction of sp³-hybridized carbons (Fsp3) is 0.167. The van der Waals surface area contributed by atoms with Crippen LogP contribution in [0, 0.1) is 16.3 Å². The number of aromatic nitrogens is 2. The normalized spacial score (nSPS) is 10.6. The average Bonchev–Trinajstić information content (AvgIpc) is 2.33. The standard InChI is InChI=1S/C12H11FIN3O/c1-7-11(14)12(18)17(6-16-7)5-8-2-3-9(13)4-10(8)15/h2-4,6H,5,15H2,1H3. The maximum absolute atomic E-state index is 12.9. The zero-order chi connectivity index (χ0) is 13.3. The molecule has 4 nitrogen and oxygen atoms in total. The smallest absolute Gasteiger partial charge is 0.267 e. The van der Waals surface area contributed by atoms with Crippen LogP contribution in [0.4, 0.5) is 10.1 Å². The molecular formula is C12H11FIN3O. The molecule has 2 rings (SSSR count). The van der Waals surface area contributed by atoms with E-state index in [-0.39, 0.29) is 17.9 Å². The summed E-state index contributed by atoms with van der Waals surface area (Å²) in [7, 11) is 0. The first-order chi connectivity index (χ1) is 8.49. The Morgan fingerprint density at radius 1 is 1.50 bits per heavy atom. The Balaban J connectivity index is 2.41. The summed E-state index contributed by atoms with van der Waals surface area (Å²) < 4.78 is 15.0. The predicted molar refractivity (Wildman–Crippen MR) is 75.9 cm³/mol. The first-order valence-corrected chi connectivity index (χ1v) is 6.32. The van der Waals surface area contributed by atoms with Gasteiger partial charge in [-0.1, -0.05) is 6.07 Å². The minimum absolute atomic E-state index is 0.119. The maximum Gasteiger partial charge on any atom is 0.267 e. The van der Waals surface area contributed by atoms with Crippen molar-refractivity contribution in [3.05, 3.63) is 55.5 Å². The van der Waals surface area contributed by atoms with Crippen LogP contribution in [0.25, 0.3) is 0 Å². The van der Waals surface area contributed by atoms with Crippen molar-refractivity contribution in [2.24, 2.45) is 0 Å². The van der Waals surface area contributed by atoms with Crippen LogP contribution in [0.15, 0.2) is 29.3 Å². The van der Waals surface area contributed by atoms with Crippen LogP contribution in [0.2, 0.25) is 0 Å². The molecule has 0 saturated heterocycles. The van der Waals surface area contributed by atoms with Gasteiger partial charge in [0.05, 0.1) is 22.1 Å². The van der Waals surface area contributed by atoms with E-state index in [0.717, 1.165) is 0 Å². The molecule has 0 atom stereocenters. The molecule has 6 heteroatoms. The van der Waals surface area contributed by atoms with Crippen LogP contribution in [-0.2, 0) is 6.54 Å². The number of nitrogens with two attached hydrogens (primary N) is 1. The summed E-state index contributed by atoms with van der Waals surface area (Å²) in [6.45, 7) is 2.06. The number of halogens is 2. The van der Waals surface area contributed by atoms with Crippen molar-refractivity contribution < 1.29 is 4.39 Å². The summed E-state index contributed by atoms with van der Waals surface area (Å²) >= 11 is 1.96. The Labute approximate surface area is 117 Å². The summed E-state index contributed by atoms with van der Waals surface area (Å²) in [4.78, 5) is 16.1. The van der Waals surface area contributed by atoms with Crippen LogP contribution < -0.4 is 11.3 Å². The van der Waals surface area contributed by atoms with E-state index in [2.05, 4.69) is 4.98 Å². The summed E-state index contributed by atoms with van der Waals surface area (Å²) in [6, 6.07) is 4.14. The number of aryl methyl sites for hydroxylation is 1. The summed E-state index contributed by atoms with van der Waals surface area (Å²) in [6.07, 6.45) is 1.47. The lowest BCUT2D eigenvalue weighted by molar-refractivity contribution is 0.626. The molecule has 0 aliphatic rings. The number of benzene rings is 1. The van der Waals surface area contributed by atoms with E-state index in [0.29, 0.717) is 20.5 Å². The van der Waals surface area contributed by atoms with Gasteiger partial charge in [0.2, 0.25) is 0 Å². The van der Waals surface area contributed by atoms with E-state index >= 15 is 0 Å². The number of nitrogens with zero attached hydrogens (tertiary/aromatic N) is 2. The lowest BCUT2D eigenvalue weighted by atomic mass is 10.2. The molecule has 0 saturated carbocycles. The Morgan fingerprint density at radius 3 is 2.89 bits per heavy atom. The van der Waals surface area contributed by atoms with Gasteiger partial charge in [-0.25, -0.2) is 9.37 Å². The zero-order valence-corrected chi connectivity index (χ0v) is 11.8. The molecule has 0 aliphatic carbocycles. The van der Waals surface area contributed by atoms with E-state index < -0.39 is 0 Å². The fourth-order valence-electron chi connectivity index (χ4n) is 1.55. The summed E-state index contributed by atoms with van der Waals surface area (Å²) in [5.41, 5.74) is 7.31. The largest absolute Gasteiger partial charge is 0.398 e. The minimum Gasteiger partial charge on any atom is -0.398 e. The molecule has 0 fully saturated rings. The van der Waals surface area contributed by atoms with Crippen LogP contribution in [0.1, 0.15) is 11.3 Å². The lowest BCUT2D eigenvalue weighted by Gasteiger charge is -2.09. The van der Waals surface area contributed by atoms with Gasteiger partial charge in [-0.15, -0.1) is 0 Å². The second-order valence-electron chi connectivity index (χ2n) is 3.92. The van der Waals surface area contributed by atoms with Gasteiger partial charge in [0.15, 0.2) is 0 Å². The van der Waals surface area contributed by atoms with Crippen LogP contribution >= 0.6 is 22.6 Å². The molecule has 1 aromatic carbocycles. The van der Waals surface area contributed by atoms with Gasteiger partial charge in [-0.2, -0.15) is 0 Å². The summed E-state index contributed by atoms with van der Waals surface area (Å²) in [5, 5.41) is 0. The number of rotatable bonds is 2. The van der Waals surface area contributed by atoms with Gasteiger partial charge < -0.3 is 5.73 Å². The highest BCUT2D eigenvalue weighted by Gasteiger charge is 2.07. The topological polar surface area (TPSA) is 60.9 Å². The zero-order valence-electron chi connectivity index (χ0n) is 9.65. The molecule has 2 aromatic rings. The SMILES string of the molecule is Cc1ncn(Cc2ccc(F)cc2N)c(=O)c1I. The number of nitrogen functional groups attached to an aromatic ring is 1. The van der Waals surface area contributed by atoms with Gasteiger partial charge in [0.25, 0.3) is 5.56 Å². The molecule has 0 amide bonds. The molecular weight excluding hydrogens is 348 g/mol. The molecule has 0 bridgehead atoms. The van der Waals surface area contributed by atoms with E-state index in [1.54, 1.807) is 13.0 Å². The lowest BCUT2D eigenvalue weighted by Crippen LogP contribution is -2.24. The van der Waals surface area contributed by atoms with Crippen molar-refractivity contribution in [2.75, 3.05) is 5.73 Å². The van der Waals surface area contributed by atoms with Gasteiger partial charge in [0, 0.05) is 5.69 Å². The Morgan fingerprint density at radius 2 is 2.22 bits per heavy atom. The Bertz CT molecular complexity index is 654. The van der Waals surface area contributed by atoms with Crippen molar-refractivity contribution in [3.8, 4) is 0 Å². The van der Waals surface area contributed by atoms with Gasteiger partial charge in [-0.05, 0) is 47.2 Å². The van der Waals surface area contributed by atoms with Crippen molar-refractivity contribution in [2.45, 2.75) is 13.5 Å². The average molecular weight is 359 g/mol. The number of anilines is 1. The molecule has 1 heterocycles. The molecule has 0 spiro atoms. The fourth-order valence-corrected chi connectivity index (χ4v) is 2.00. The highest BCUT2D eigenvalue weighted by atomic mass is 127. The van der Waals surface area contributed by atoms with Gasteiger partial charge >= 0.3 is 0 Å². The first kappa shape index (κ1) is 13.0. The molecule has 0 radical (unpaired) electrons. The van der Waals surface area contributed by atoms with Gasteiger partial charge in [0.1, 0.15) is 5.82 Å². The second-order valence-corrected chi connectivity index (χ2v) is 5.00. The maximum atomic E-state index is 12.9. The quantitative estimate of drug-likeness (QED) is 0.659. The van der Waals surface area contributed by atoms with E-state index in [1.807, 2.05) is 22.6 Å². The molecule has 2 N–H and O–H groups in total. The van der Waals surface area contributed by atoms with Crippen LogP contribution in [-0.4, -0.2) is 9.55 Å². The van der Waals surface area contributed by atoms with Crippen molar-refractivity contribution in [1.29, 1.82) is 0 Å². The Hall–Kier alpha value is -1.44. The van der Waals surface area contributed by atoms with E-state index in [1.165, 1.54) is 23.0 Å². The summed E-state index contributed by atoms with van der Waals surface area (Å²) in [5.74, 6) is -0.389. The molecule has 0 aliphatic heterocycles. The van der Waals surface area contributed by atoms with Crippen LogP contribution in [0.3, 0.4) is 0 Å². The van der Waals surface area contributed by atoms with Crippen molar-refractivity contribution in [3.63, 3.8) is 0 Å². The van der Waals surface area contributed by atoms with Crippen molar-refractivity contribution >= 4 is 28.3 Å². The first-order valence-electron chi connectivity index (χ1n) is 5.24. The highest BCUT2D eigenvalue weighted by Crippen LogP contribution is 2.14. The third-order valence-corrected chi connectivity index (χ3v) is 3.85. The number of hydrogen-bond acceptors (Lipinski definition) is 3. The van der Waals surface area contributed by atoms with Gasteiger partial charge in [-0.3, -0.25) is 9.36 Å². The highest BCUT2D eigenvalue weighted by molar-refractivity contribution is 14.1. The molecule has 1 aromatic heterocycles. The second kappa shape index (κ2) is 5.05. The van der Waals surface area contributed by atoms with Crippen LogP contribution in [0.5, 0.6) is 0 Å². The van der Waals surface area contributed by atoms with E-state index in [9.17, 15) is 9.18 Å². The monoisotopic (exact) mass is 359 g/mol. The molecule has 0 unspecified atom stereocenters. The third-order valence-electron chi connectivity index (χ3n) is 2.61. The Kier molecular flexibility index (Phi) is 3.65. The third kappa shape index (κ3) is 2.53. The molecule has 18 heavy (non-hydrogen) atoms. The predicted octanol–water partition coefficient (Wildman–Crippen LogP) is 1.93. The molecule has 94 valence electrons. The number of hydrogen-bond donors (Lipinski definition) is 1. The van der Waals surface area contributed by atoms with Crippen molar-refractivity contribution in [1.82, 2.24) is 9.55 Å². The van der Waals surface area contributed by atoms with E-state index in [4.69, 9.17) is 5.73 Å². The minimum atomic E-state index is -0.389.